The molecule has 2 aromatic carbocycles. The minimum absolute atomic E-state index is 0.0738. The number of fused-ring (bicyclic) bond motifs is 3. The molecular formula is C15H8BrNO2. The number of benzene rings is 2. The number of phenols is 1. The number of hydrogen-bond donors (Lipinski definition) is 1. The molecule has 0 radical (unpaired) electrons. The fraction of sp³-hybridized carbons (Fsp3) is 0. The third-order valence-electron chi connectivity index (χ3n) is 3.49. The summed E-state index contributed by atoms with van der Waals surface area (Å²) in [5.74, 6) is 0.119. The van der Waals surface area contributed by atoms with Gasteiger partial charge < -0.3 is 9.51 Å². The third-order valence-corrected chi connectivity index (χ3v) is 3.98. The summed E-state index contributed by atoms with van der Waals surface area (Å²) >= 11 is 3.46. The number of halogens is 1. The van der Waals surface area contributed by atoms with E-state index in [2.05, 4.69) is 15.9 Å². The summed E-state index contributed by atoms with van der Waals surface area (Å²) in [7, 11) is 0. The zero-order chi connectivity index (χ0) is 13.1. The molecule has 0 saturated heterocycles. The molecule has 19 heavy (non-hydrogen) atoms. The molecule has 4 heteroatoms. The highest BCUT2D eigenvalue weighted by atomic mass is 79.9. The molecule has 2 heterocycles. The van der Waals surface area contributed by atoms with Gasteiger partial charge in [0.05, 0.1) is 16.4 Å². The molecule has 0 aliphatic heterocycles. The van der Waals surface area contributed by atoms with Gasteiger partial charge in [0.2, 0.25) is 0 Å². The van der Waals surface area contributed by atoms with E-state index in [0.717, 1.165) is 26.3 Å². The van der Waals surface area contributed by atoms with E-state index >= 15 is 0 Å². The van der Waals surface area contributed by atoms with Crippen LogP contribution in [0.3, 0.4) is 0 Å². The summed E-state index contributed by atoms with van der Waals surface area (Å²) < 4.78 is 2.97. The lowest BCUT2D eigenvalue weighted by Gasteiger charge is -2.00. The lowest BCUT2D eigenvalue weighted by atomic mass is 10.1. The van der Waals surface area contributed by atoms with Crippen molar-refractivity contribution in [3.05, 3.63) is 57.3 Å². The Kier molecular flexibility index (Phi) is 1.98. The number of hydrogen-bond acceptors (Lipinski definition) is 2. The van der Waals surface area contributed by atoms with E-state index in [1.165, 1.54) is 12.1 Å². The van der Waals surface area contributed by atoms with E-state index in [1.807, 2.05) is 22.6 Å². The third kappa shape index (κ3) is 1.35. The number of phenolic OH excluding ortho intramolecular Hbond substituents is 1. The Morgan fingerprint density at radius 1 is 1.00 bits per heavy atom. The normalized spacial score (nSPS) is 11.8. The SMILES string of the molecule is O=c1ccn2c3cc(Br)ccc3c3cc(O)cc1c32. The van der Waals surface area contributed by atoms with E-state index < -0.39 is 0 Å². The number of nitrogens with zero attached hydrogens (tertiary/aromatic N) is 1. The van der Waals surface area contributed by atoms with Crippen LogP contribution in [0.2, 0.25) is 0 Å². The minimum Gasteiger partial charge on any atom is -0.508 e. The molecule has 0 fully saturated rings. The Morgan fingerprint density at radius 2 is 1.79 bits per heavy atom. The molecule has 0 spiro atoms. The molecule has 0 bridgehead atoms. The van der Waals surface area contributed by atoms with Gasteiger partial charge in [-0.25, -0.2) is 0 Å². The minimum atomic E-state index is -0.0738. The second-order valence-electron chi connectivity index (χ2n) is 4.60. The molecule has 3 nitrogen and oxygen atoms in total. The summed E-state index contributed by atoms with van der Waals surface area (Å²) in [6.07, 6.45) is 1.78. The van der Waals surface area contributed by atoms with Crippen molar-refractivity contribution in [2.24, 2.45) is 0 Å². The lowest BCUT2D eigenvalue weighted by Crippen LogP contribution is -2.01. The van der Waals surface area contributed by atoms with Gasteiger partial charge in [0.1, 0.15) is 5.75 Å². The summed E-state index contributed by atoms with van der Waals surface area (Å²) in [5, 5.41) is 12.3. The first kappa shape index (κ1) is 10.8. The molecule has 0 saturated carbocycles. The van der Waals surface area contributed by atoms with Crippen LogP contribution in [-0.4, -0.2) is 9.51 Å². The highest BCUT2D eigenvalue weighted by molar-refractivity contribution is 9.10. The van der Waals surface area contributed by atoms with Gasteiger partial charge >= 0.3 is 0 Å². The Morgan fingerprint density at radius 3 is 2.63 bits per heavy atom. The van der Waals surface area contributed by atoms with E-state index in [9.17, 15) is 9.90 Å². The van der Waals surface area contributed by atoms with Crippen LogP contribution >= 0.6 is 15.9 Å². The van der Waals surface area contributed by atoms with Crippen molar-refractivity contribution in [1.29, 1.82) is 0 Å². The first-order chi connectivity index (χ1) is 9.15. The van der Waals surface area contributed by atoms with E-state index in [4.69, 9.17) is 0 Å². The van der Waals surface area contributed by atoms with Crippen LogP contribution < -0.4 is 5.43 Å². The van der Waals surface area contributed by atoms with Crippen LogP contribution in [0.5, 0.6) is 5.75 Å². The number of aromatic nitrogens is 1. The molecule has 2 aromatic heterocycles. The van der Waals surface area contributed by atoms with Gasteiger partial charge in [0.25, 0.3) is 0 Å². The second kappa shape index (κ2) is 3.48. The highest BCUT2D eigenvalue weighted by Gasteiger charge is 2.13. The number of rotatable bonds is 0. The summed E-state index contributed by atoms with van der Waals surface area (Å²) in [5.41, 5.74) is 1.80. The van der Waals surface area contributed by atoms with Gasteiger partial charge in [-0.2, -0.15) is 0 Å². The molecule has 4 aromatic rings. The molecule has 1 N–H and O–H groups in total. The predicted octanol–water partition coefficient (Wildman–Crippen LogP) is 3.51. The smallest absolute Gasteiger partial charge is 0.189 e. The van der Waals surface area contributed by atoms with Crippen LogP contribution in [0.15, 0.2) is 51.9 Å². The molecule has 0 aliphatic rings. The lowest BCUT2D eigenvalue weighted by molar-refractivity contribution is 0.477. The average Bonchev–Trinajstić information content (AvgIpc) is 2.68. The zero-order valence-electron chi connectivity index (χ0n) is 9.72. The first-order valence-electron chi connectivity index (χ1n) is 5.84. The van der Waals surface area contributed by atoms with Gasteiger partial charge in [-0.15, -0.1) is 0 Å². The van der Waals surface area contributed by atoms with Gasteiger partial charge in [0, 0.05) is 27.5 Å². The Hall–Kier alpha value is -2.07. The number of aromatic hydroxyl groups is 1. The van der Waals surface area contributed by atoms with Crippen LogP contribution in [0.1, 0.15) is 0 Å². The van der Waals surface area contributed by atoms with Crippen LogP contribution in [0.25, 0.3) is 27.2 Å². The Balaban J connectivity index is 2.47. The molecule has 92 valence electrons. The Labute approximate surface area is 116 Å². The Bertz CT molecular complexity index is 1000. The van der Waals surface area contributed by atoms with E-state index in [-0.39, 0.29) is 11.2 Å². The topological polar surface area (TPSA) is 41.7 Å². The maximum atomic E-state index is 11.9. The van der Waals surface area contributed by atoms with Gasteiger partial charge in [-0.1, -0.05) is 22.0 Å². The molecule has 0 amide bonds. The number of pyridine rings is 1. The van der Waals surface area contributed by atoms with Gasteiger partial charge in [0.15, 0.2) is 5.43 Å². The van der Waals surface area contributed by atoms with Gasteiger partial charge in [-0.05, 0) is 24.3 Å². The fourth-order valence-electron chi connectivity index (χ4n) is 2.71. The fourth-order valence-corrected chi connectivity index (χ4v) is 3.06. The van der Waals surface area contributed by atoms with Crippen molar-refractivity contribution in [2.45, 2.75) is 0 Å². The molecule has 0 atom stereocenters. The van der Waals surface area contributed by atoms with Crippen molar-refractivity contribution < 1.29 is 5.11 Å². The molecule has 0 aliphatic carbocycles. The van der Waals surface area contributed by atoms with Crippen molar-refractivity contribution in [2.75, 3.05) is 0 Å². The molecule has 0 unspecified atom stereocenters. The summed E-state index contributed by atoms with van der Waals surface area (Å²) in [4.78, 5) is 11.9. The predicted molar refractivity (Wildman–Crippen MR) is 79.2 cm³/mol. The quantitative estimate of drug-likeness (QED) is 0.540. The molecular weight excluding hydrogens is 306 g/mol. The van der Waals surface area contributed by atoms with Gasteiger partial charge in [-0.3, -0.25) is 4.79 Å². The zero-order valence-corrected chi connectivity index (χ0v) is 11.3. The van der Waals surface area contributed by atoms with Crippen molar-refractivity contribution in [3.63, 3.8) is 0 Å². The first-order valence-corrected chi connectivity index (χ1v) is 6.63. The maximum Gasteiger partial charge on any atom is 0.189 e. The molecule has 4 rings (SSSR count). The monoisotopic (exact) mass is 313 g/mol. The standard InChI is InChI=1S/C15H8BrNO2/c16-8-1-2-10-11-6-9(18)7-12-14(19)3-4-17(15(11)12)13(10)5-8/h1-7,18H. The van der Waals surface area contributed by atoms with Crippen LogP contribution in [-0.2, 0) is 0 Å². The highest BCUT2D eigenvalue weighted by Crippen LogP contribution is 2.34. The van der Waals surface area contributed by atoms with Crippen LogP contribution in [0.4, 0.5) is 0 Å². The van der Waals surface area contributed by atoms with E-state index in [0.29, 0.717) is 5.39 Å². The average molecular weight is 314 g/mol. The summed E-state index contributed by atoms with van der Waals surface area (Å²) in [6.45, 7) is 0. The van der Waals surface area contributed by atoms with Crippen molar-refractivity contribution in [3.8, 4) is 5.75 Å². The van der Waals surface area contributed by atoms with Crippen molar-refractivity contribution in [1.82, 2.24) is 4.40 Å². The maximum absolute atomic E-state index is 11.9. The van der Waals surface area contributed by atoms with E-state index in [1.54, 1.807) is 12.3 Å². The van der Waals surface area contributed by atoms with Crippen molar-refractivity contribution >= 4 is 43.1 Å². The van der Waals surface area contributed by atoms with Crippen LogP contribution in [0, 0.1) is 0 Å². The largest absolute Gasteiger partial charge is 0.508 e. The summed E-state index contributed by atoms with van der Waals surface area (Å²) in [6, 6.07) is 10.7. The second-order valence-corrected chi connectivity index (χ2v) is 5.52.